The highest BCUT2D eigenvalue weighted by Crippen LogP contribution is 2.29. The minimum atomic E-state index is -3.44. The van der Waals surface area contributed by atoms with Crippen molar-refractivity contribution in [3.05, 3.63) is 47.3 Å². The van der Waals surface area contributed by atoms with Crippen LogP contribution in [0.2, 0.25) is 0 Å². The number of primary sulfonamides is 1. The fraction of sp³-hybridized carbons (Fsp3) is 0.429. The number of carboxylic acids is 1. The van der Waals surface area contributed by atoms with Gasteiger partial charge in [0.15, 0.2) is 0 Å². The normalized spacial score (nSPS) is 18.5. The van der Waals surface area contributed by atoms with Crippen molar-refractivity contribution in [2.75, 3.05) is 6.54 Å². The number of hydrogen-bond acceptors (Lipinski definition) is 7. The lowest BCUT2D eigenvalue weighted by Crippen LogP contribution is -2.28. The highest BCUT2D eigenvalue weighted by atomic mass is 32.2. The molecule has 3 rings (SSSR count). The highest BCUT2D eigenvalue weighted by Gasteiger charge is 2.27. The van der Waals surface area contributed by atoms with Gasteiger partial charge in [-0.05, 0) is 73.7 Å². The van der Waals surface area contributed by atoms with Crippen molar-refractivity contribution in [3.8, 4) is 5.75 Å². The van der Waals surface area contributed by atoms with Gasteiger partial charge in [-0.3, -0.25) is 9.59 Å². The van der Waals surface area contributed by atoms with Gasteiger partial charge in [0.25, 0.3) is 0 Å². The molecule has 1 aromatic heterocycles. The standard InChI is InChI=1S/C17H23NO4.C4H5NO2S2/c18-11-13-1-6-14(7-2-13)17(21)22-15-8-3-12(4-9-15)5-10-16(19)20;5-9(6,7)4-2-1-3-8-4/h3-4,8-9,13-14H,1-2,5-7,10-11,18H2,(H,19,20);1-3H,(H2,5,6,7). The summed E-state index contributed by atoms with van der Waals surface area (Å²) in [4.78, 5) is 22.7. The molecule has 0 bridgehead atoms. The Labute approximate surface area is 186 Å². The van der Waals surface area contributed by atoms with E-state index in [0.717, 1.165) is 42.6 Å². The maximum absolute atomic E-state index is 12.1. The van der Waals surface area contributed by atoms with E-state index in [4.69, 9.17) is 20.7 Å². The molecule has 1 aromatic carbocycles. The molecule has 5 N–H and O–H groups in total. The van der Waals surface area contributed by atoms with E-state index in [1.54, 1.807) is 35.7 Å². The average molecular weight is 469 g/mol. The topological polar surface area (TPSA) is 150 Å². The molecule has 0 atom stereocenters. The van der Waals surface area contributed by atoms with Crippen LogP contribution < -0.4 is 15.6 Å². The van der Waals surface area contributed by atoms with Crippen LogP contribution in [0.1, 0.15) is 37.7 Å². The van der Waals surface area contributed by atoms with Crippen LogP contribution in [0.4, 0.5) is 0 Å². The zero-order chi connectivity index (χ0) is 22.9. The predicted octanol–water partition coefficient (Wildman–Crippen LogP) is 2.77. The number of esters is 1. The largest absolute Gasteiger partial charge is 0.481 e. The first-order chi connectivity index (χ1) is 14.7. The number of sulfonamides is 1. The number of aryl methyl sites for hydroxylation is 1. The average Bonchev–Trinajstić information content (AvgIpc) is 3.29. The number of thiophene rings is 1. The number of aliphatic carboxylic acids is 1. The summed E-state index contributed by atoms with van der Waals surface area (Å²) in [6.45, 7) is 0.694. The smallest absolute Gasteiger partial charge is 0.314 e. The fourth-order valence-corrected chi connectivity index (χ4v) is 4.65. The molecule has 2 aromatic rings. The maximum Gasteiger partial charge on any atom is 0.314 e. The SMILES string of the molecule is NCC1CCC(C(=O)Oc2ccc(CCC(=O)O)cc2)CC1.NS(=O)(=O)c1cccs1. The molecule has 0 saturated heterocycles. The summed E-state index contributed by atoms with van der Waals surface area (Å²) >= 11 is 1.12. The number of benzene rings is 1. The van der Waals surface area contributed by atoms with Crippen molar-refractivity contribution >= 4 is 33.3 Å². The molecule has 10 heteroatoms. The third-order valence-corrected chi connectivity index (χ3v) is 7.40. The summed E-state index contributed by atoms with van der Waals surface area (Å²) in [5.74, 6) is 0.0365. The second-order valence-electron chi connectivity index (χ2n) is 7.39. The number of rotatable bonds is 7. The predicted molar refractivity (Wildman–Crippen MR) is 118 cm³/mol. The van der Waals surface area contributed by atoms with Crippen LogP contribution in [-0.2, 0) is 26.0 Å². The molecule has 170 valence electrons. The van der Waals surface area contributed by atoms with Gasteiger partial charge in [-0.25, -0.2) is 13.6 Å². The number of carbonyl (C=O) groups excluding carboxylic acids is 1. The molecule has 0 aliphatic heterocycles. The van der Waals surface area contributed by atoms with E-state index in [9.17, 15) is 18.0 Å². The third-order valence-electron chi connectivity index (χ3n) is 5.06. The lowest BCUT2D eigenvalue weighted by molar-refractivity contribution is -0.140. The first-order valence-corrected chi connectivity index (χ1v) is 12.4. The second-order valence-corrected chi connectivity index (χ2v) is 10.1. The van der Waals surface area contributed by atoms with E-state index in [1.165, 1.54) is 6.07 Å². The van der Waals surface area contributed by atoms with Gasteiger partial charge in [0, 0.05) is 6.42 Å². The van der Waals surface area contributed by atoms with Crippen molar-refractivity contribution in [2.45, 2.75) is 42.7 Å². The van der Waals surface area contributed by atoms with Crippen LogP contribution in [0.15, 0.2) is 46.0 Å². The lowest BCUT2D eigenvalue weighted by Gasteiger charge is -2.26. The van der Waals surface area contributed by atoms with E-state index in [1.807, 2.05) is 0 Å². The molecule has 1 aliphatic rings. The summed E-state index contributed by atoms with van der Waals surface area (Å²) in [5, 5.41) is 15.1. The van der Waals surface area contributed by atoms with Crippen LogP contribution in [-0.4, -0.2) is 32.0 Å². The molecule has 0 unspecified atom stereocenters. The number of hydrogen-bond donors (Lipinski definition) is 3. The van der Waals surface area contributed by atoms with E-state index < -0.39 is 16.0 Å². The molecule has 0 amide bonds. The van der Waals surface area contributed by atoms with Crippen molar-refractivity contribution in [1.82, 2.24) is 0 Å². The lowest BCUT2D eigenvalue weighted by atomic mass is 9.82. The van der Waals surface area contributed by atoms with Crippen LogP contribution in [0.5, 0.6) is 5.75 Å². The van der Waals surface area contributed by atoms with Crippen molar-refractivity contribution < 1.29 is 27.9 Å². The van der Waals surface area contributed by atoms with Gasteiger partial charge in [-0.2, -0.15) is 0 Å². The van der Waals surface area contributed by atoms with Crippen molar-refractivity contribution in [2.24, 2.45) is 22.7 Å². The summed E-state index contributed by atoms with van der Waals surface area (Å²) < 4.78 is 26.6. The van der Waals surface area contributed by atoms with Gasteiger partial charge in [0.05, 0.1) is 5.92 Å². The second kappa shape index (κ2) is 11.9. The number of carbonyl (C=O) groups is 2. The monoisotopic (exact) mass is 468 g/mol. The zero-order valence-electron chi connectivity index (χ0n) is 17.1. The van der Waals surface area contributed by atoms with E-state index in [2.05, 4.69) is 0 Å². The van der Waals surface area contributed by atoms with Gasteiger partial charge < -0.3 is 15.6 Å². The molecular weight excluding hydrogens is 440 g/mol. The fourth-order valence-electron chi connectivity index (χ4n) is 3.23. The molecule has 0 spiro atoms. The van der Waals surface area contributed by atoms with Crippen molar-refractivity contribution in [3.63, 3.8) is 0 Å². The van der Waals surface area contributed by atoms with Gasteiger partial charge in [0.1, 0.15) is 9.96 Å². The number of ether oxygens (including phenoxy) is 1. The first kappa shape index (κ1) is 25.0. The molecule has 31 heavy (non-hydrogen) atoms. The highest BCUT2D eigenvalue weighted by molar-refractivity contribution is 7.91. The van der Waals surface area contributed by atoms with Gasteiger partial charge in [0.2, 0.25) is 10.0 Å². The molecule has 1 fully saturated rings. The quantitative estimate of drug-likeness (QED) is 0.417. The Morgan fingerprint density at radius 3 is 2.19 bits per heavy atom. The molecule has 1 aliphatic carbocycles. The number of carboxylic acid groups (broad SMARTS) is 1. The van der Waals surface area contributed by atoms with Gasteiger partial charge in [-0.1, -0.05) is 18.2 Å². The minimum Gasteiger partial charge on any atom is -0.481 e. The molecular formula is C21H28N2O6S2. The van der Waals surface area contributed by atoms with Gasteiger partial charge >= 0.3 is 11.9 Å². The number of nitrogens with two attached hydrogens (primary N) is 2. The molecule has 1 heterocycles. The van der Waals surface area contributed by atoms with E-state index in [0.29, 0.717) is 24.6 Å². The van der Waals surface area contributed by atoms with Crippen LogP contribution >= 0.6 is 11.3 Å². The Balaban J connectivity index is 0.000000316. The Kier molecular flexibility index (Phi) is 9.63. The Morgan fingerprint density at radius 2 is 1.74 bits per heavy atom. The van der Waals surface area contributed by atoms with Gasteiger partial charge in [-0.15, -0.1) is 11.3 Å². The molecule has 8 nitrogen and oxygen atoms in total. The maximum atomic E-state index is 12.1. The Bertz CT molecular complexity index is 935. The summed E-state index contributed by atoms with van der Waals surface area (Å²) in [7, 11) is -3.44. The summed E-state index contributed by atoms with van der Waals surface area (Å²) in [5.41, 5.74) is 6.57. The summed E-state index contributed by atoms with van der Waals surface area (Å²) in [6, 6.07) is 10.2. The Morgan fingerprint density at radius 1 is 1.10 bits per heavy atom. The van der Waals surface area contributed by atoms with E-state index in [-0.39, 0.29) is 22.5 Å². The Hall–Kier alpha value is -2.27. The van der Waals surface area contributed by atoms with Crippen molar-refractivity contribution in [1.29, 1.82) is 0 Å². The molecule has 1 saturated carbocycles. The van der Waals surface area contributed by atoms with E-state index >= 15 is 0 Å². The zero-order valence-corrected chi connectivity index (χ0v) is 18.7. The minimum absolute atomic E-state index is 0.0329. The van der Waals surface area contributed by atoms with Crippen LogP contribution in [0, 0.1) is 11.8 Å². The third kappa shape index (κ3) is 8.78. The first-order valence-electron chi connectivity index (χ1n) is 9.98. The molecule has 0 radical (unpaired) electrons. The van der Waals surface area contributed by atoms with Crippen LogP contribution in [0.3, 0.4) is 0 Å². The van der Waals surface area contributed by atoms with Crippen LogP contribution in [0.25, 0.3) is 0 Å². The summed E-state index contributed by atoms with van der Waals surface area (Å²) in [6.07, 6.45) is 4.25.